The lowest BCUT2D eigenvalue weighted by molar-refractivity contribution is -0.0504. The lowest BCUT2D eigenvalue weighted by Crippen LogP contribution is -2.25. The van der Waals surface area contributed by atoms with Crippen LogP contribution in [-0.2, 0) is 6.54 Å². The van der Waals surface area contributed by atoms with E-state index in [-0.39, 0.29) is 18.0 Å². The van der Waals surface area contributed by atoms with Crippen LogP contribution in [0.15, 0.2) is 30.3 Å². The Bertz CT molecular complexity index is 706. The van der Waals surface area contributed by atoms with Crippen LogP contribution in [0.25, 0.3) is 0 Å². The van der Waals surface area contributed by atoms with E-state index < -0.39 is 12.5 Å². The van der Waals surface area contributed by atoms with Gasteiger partial charge in [0.25, 0.3) is 5.91 Å². The van der Waals surface area contributed by atoms with E-state index >= 15 is 0 Å². The molecule has 0 bridgehead atoms. The molecule has 0 aliphatic carbocycles. The lowest BCUT2D eigenvalue weighted by Gasteiger charge is -2.13. The number of benzene rings is 1. The first-order valence-corrected chi connectivity index (χ1v) is 7.20. The summed E-state index contributed by atoms with van der Waals surface area (Å²) in [6.07, 6.45) is 0. The van der Waals surface area contributed by atoms with Crippen LogP contribution in [0.3, 0.4) is 0 Å². The zero-order valence-electron chi connectivity index (χ0n) is 13.6. The number of nitrogens with zero attached hydrogens (tertiary/aromatic N) is 3. The van der Waals surface area contributed by atoms with Crippen LogP contribution in [0.4, 0.5) is 14.6 Å². The van der Waals surface area contributed by atoms with E-state index in [0.717, 1.165) is 5.56 Å². The third-order valence-corrected chi connectivity index (χ3v) is 3.21. The molecular weight excluding hydrogens is 318 g/mol. The van der Waals surface area contributed by atoms with Crippen molar-refractivity contribution in [2.75, 3.05) is 19.0 Å². The molecule has 1 amide bonds. The van der Waals surface area contributed by atoms with Gasteiger partial charge < -0.3 is 15.0 Å². The number of alkyl halides is 2. The Balaban J connectivity index is 2.07. The van der Waals surface area contributed by atoms with Crippen LogP contribution in [0, 0.1) is 6.92 Å². The first kappa shape index (κ1) is 17.6. The number of carbonyl (C=O) groups excluding carboxylic acids is 1. The molecule has 2 rings (SSSR count). The number of halogens is 2. The summed E-state index contributed by atoms with van der Waals surface area (Å²) in [4.78, 5) is 13.9. The maximum absolute atomic E-state index is 12.4. The number of rotatable bonds is 6. The average Bonchev–Trinajstić information content (AvgIpc) is 2.54. The number of aromatic nitrogens is 2. The van der Waals surface area contributed by atoms with Gasteiger partial charge in [0.05, 0.1) is 0 Å². The second kappa shape index (κ2) is 7.67. The number of hydrogen-bond donors (Lipinski definition) is 1. The predicted molar refractivity (Wildman–Crippen MR) is 85.3 cm³/mol. The molecule has 1 N–H and O–H groups in total. The monoisotopic (exact) mass is 336 g/mol. The van der Waals surface area contributed by atoms with E-state index in [0.29, 0.717) is 11.4 Å². The van der Waals surface area contributed by atoms with Gasteiger partial charge in [-0.05, 0) is 25.1 Å². The highest BCUT2D eigenvalue weighted by atomic mass is 19.3. The number of nitrogens with one attached hydrogen (secondary N) is 1. The molecule has 0 radical (unpaired) electrons. The molecule has 1 aromatic heterocycles. The fourth-order valence-corrected chi connectivity index (χ4v) is 2.01. The fraction of sp³-hybridized carbons (Fsp3) is 0.312. The van der Waals surface area contributed by atoms with Gasteiger partial charge in [-0.15, -0.1) is 10.2 Å². The highest BCUT2D eigenvalue weighted by molar-refractivity contribution is 5.92. The Morgan fingerprint density at radius 3 is 2.58 bits per heavy atom. The predicted octanol–water partition coefficient (Wildman–Crippen LogP) is 2.38. The van der Waals surface area contributed by atoms with Crippen molar-refractivity contribution in [3.8, 4) is 5.75 Å². The minimum Gasteiger partial charge on any atom is -0.434 e. The van der Waals surface area contributed by atoms with E-state index in [1.54, 1.807) is 29.2 Å². The van der Waals surface area contributed by atoms with Crippen LogP contribution >= 0.6 is 0 Å². The number of ether oxygens (including phenoxy) is 1. The molecule has 2 aromatic rings. The van der Waals surface area contributed by atoms with E-state index in [2.05, 4.69) is 20.3 Å². The molecule has 8 heteroatoms. The van der Waals surface area contributed by atoms with Crippen molar-refractivity contribution in [3.63, 3.8) is 0 Å². The third kappa shape index (κ3) is 4.61. The molecule has 6 nitrogen and oxygen atoms in total. The van der Waals surface area contributed by atoms with Crippen LogP contribution in [0.2, 0.25) is 0 Å². The molecule has 0 saturated heterocycles. The zero-order valence-corrected chi connectivity index (χ0v) is 13.6. The van der Waals surface area contributed by atoms with Crippen LogP contribution in [0.1, 0.15) is 21.6 Å². The topological polar surface area (TPSA) is 67.3 Å². The molecule has 0 atom stereocenters. The van der Waals surface area contributed by atoms with Gasteiger partial charge in [-0.3, -0.25) is 4.79 Å². The SMILES string of the molecule is Cc1ccc(OC(F)F)c(CNC(=O)c2ccc(N(C)C)nn2)c1. The molecule has 0 fully saturated rings. The maximum atomic E-state index is 12.4. The number of anilines is 1. The molecule has 1 heterocycles. The Morgan fingerprint density at radius 1 is 1.25 bits per heavy atom. The van der Waals surface area contributed by atoms with Crippen LogP contribution in [-0.4, -0.2) is 36.8 Å². The van der Waals surface area contributed by atoms with Crippen molar-refractivity contribution in [2.24, 2.45) is 0 Å². The summed E-state index contributed by atoms with van der Waals surface area (Å²) < 4.78 is 29.3. The van der Waals surface area contributed by atoms with Gasteiger partial charge in [-0.2, -0.15) is 8.78 Å². The van der Waals surface area contributed by atoms with Gasteiger partial charge in [0.2, 0.25) is 0 Å². The summed E-state index contributed by atoms with van der Waals surface area (Å²) in [6.45, 7) is -1.06. The van der Waals surface area contributed by atoms with Crippen molar-refractivity contribution in [3.05, 3.63) is 47.2 Å². The maximum Gasteiger partial charge on any atom is 0.387 e. The van der Waals surface area contributed by atoms with Crippen LogP contribution < -0.4 is 15.0 Å². The minimum absolute atomic E-state index is 0.0324. The number of aryl methyl sites for hydroxylation is 1. The number of amides is 1. The quantitative estimate of drug-likeness (QED) is 0.877. The fourth-order valence-electron chi connectivity index (χ4n) is 2.01. The van der Waals surface area contributed by atoms with Crippen molar-refractivity contribution < 1.29 is 18.3 Å². The average molecular weight is 336 g/mol. The van der Waals surface area contributed by atoms with E-state index in [1.807, 2.05) is 21.0 Å². The molecule has 1 aromatic carbocycles. The first-order chi connectivity index (χ1) is 11.4. The van der Waals surface area contributed by atoms with Gasteiger partial charge >= 0.3 is 6.61 Å². The molecule has 128 valence electrons. The van der Waals surface area contributed by atoms with Crippen molar-refractivity contribution in [2.45, 2.75) is 20.1 Å². The van der Waals surface area contributed by atoms with Gasteiger partial charge in [-0.1, -0.05) is 17.7 Å². The third-order valence-electron chi connectivity index (χ3n) is 3.21. The second-order valence-electron chi connectivity index (χ2n) is 5.34. The molecule has 0 saturated carbocycles. The summed E-state index contributed by atoms with van der Waals surface area (Å²) in [5.74, 6) is 0.208. The first-order valence-electron chi connectivity index (χ1n) is 7.20. The summed E-state index contributed by atoms with van der Waals surface area (Å²) in [5.41, 5.74) is 1.47. The zero-order chi connectivity index (χ0) is 17.7. The molecular formula is C16H18F2N4O2. The van der Waals surface area contributed by atoms with Gasteiger partial charge in [-0.25, -0.2) is 0 Å². The van der Waals surface area contributed by atoms with Crippen LogP contribution in [0.5, 0.6) is 5.75 Å². The Hall–Kier alpha value is -2.77. The van der Waals surface area contributed by atoms with E-state index in [4.69, 9.17) is 0 Å². The Morgan fingerprint density at radius 2 is 2.00 bits per heavy atom. The highest BCUT2D eigenvalue weighted by Crippen LogP contribution is 2.22. The number of carbonyl (C=O) groups is 1. The largest absolute Gasteiger partial charge is 0.434 e. The Kier molecular flexibility index (Phi) is 5.62. The van der Waals surface area contributed by atoms with E-state index in [1.165, 1.54) is 6.07 Å². The van der Waals surface area contributed by atoms with Gasteiger partial charge in [0, 0.05) is 26.2 Å². The Labute approximate surface area is 138 Å². The van der Waals surface area contributed by atoms with Crippen molar-refractivity contribution in [1.29, 1.82) is 0 Å². The lowest BCUT2D eigenvalue weighted by atomic mass is 10.1. The summed E-state index contributed by atoms with van der Waals surface area (Å²) in [5, 5.41) is 10.4. The molecule has 0 aliphatic rings. The molecule has 0 unspecified atom stereocenters. The smallest absolute Gasteiger partial charge is 0.387 e. The van der Waals surface area contributed by atoms with E-state index in [9.17, 15) is 13.6 Å². The normalized spacial score (nSPS) is 10.6. The summed E-state index contributed by atoms with van der Waals surface area (Å²) in [7, 11) is 3.62. The van der Waals surface area contributed by atoms with Gasteiger partial charge in [0.15, 0.2) is 11.5 Å². The minimum atomic E-state index is -2.92. The molecule has 24 heavy (non-hydrogen) atoms. The molecule has 0 aliphatic heterocycles. The standard InChI is InChI=1S/C16H18F2N4O2/c1-10-4-6-13(24-16(17)18)11(8-10)9-19-15(23)12-5-7-14(21-20-12)22(2)3/h4-8,16H,9H2,1-3H3,(H,19,23). The van der Waals surface area contributed by atoms with Gasteiger partial charge in [0.1, 0.15) is 5.75 Å². The highest BCUT2D eigenvalue weighted by Gasteiger charge is 2.13. The summed E-state index contributed by atoms with van der Waals surface area (Å²) >= 11 is 0. The van der Waals surface area contributed by atoms with Crippen molar-refractivity contribution in [1.82, 2.24) is 15.5 Å². The summed E-state index contributed by atoms with van der Waals surface area (Å²) in [6, 6.07) is 8.01. The number of hydrogen-bond acceptors (Lipinski definition) is 5. The molecule has 0 spiro atoms. The van der Waals surface area contributed by atoms with Crippen molar-refractivity contribution >= 4 is 11.7 Å². The second-order valence-corrected chi connectivity index (χ2v) is 5.34.